The molecule has 0 radical (unpaired) electrons. The molecule has 7 heteroatoms. The third-order valence-electron chi connectivity index (χ3n) is 4.18. The summed E-state index contributed by atoms with van der Waals surface area (Å²) in [5.74, 6) is 1.66. The number of anilines is 2. The van der Waals surface area contributed by atoms with Crippen LogP contribution in [-0.2, 0) is 6.54 Å². The lowest BCUT2D eigenvalue weighted by Crippen LogP contribution is -2.23. The third-order valence-corrected chi connectivity index (χ3v) is 4.18. The Labute approximate surface area is 173 Å². The number of para-hydroxylation sites is 1. The number of rotatable bonds is 7. The van der Waals surface area contributed by atoms with Gasteiger partial charge in [-0.1, -0.05) is 24.3 Å². The zero-order valence-electron chi connectivity index (χ0n) is 16.0. The molecule has 0 fully saturated rings. The van der Waals surface area contributed by atoms with E-state index in [1.807, 2.05) is 66.7 Å². The molecule has 1 amide bonds. The van der Waals surface area contributed by atoms with Crippen LogP contribution in [0, 0.1) is 0 Å². The molecule has 148 valence electrons. The third kappa shape index (κ3) is 5.17. The van der Waals surface area contributed by atoms with Gasteiger partial charge in [0.05, 0.1) is 5.56 Å². The fourth-order valence-corrected chi connectivity index (χ4v) is 2.66. The van der Waals surface area contributed by atoms with Gasteiger partial charge in [-0.3, -0.25) is 9.78 Å². The normalized spacial score (nSPS) is 10.3. The van der Waals surface area contributed by atoms with Crippen LogP contribution in [0.15, 0.2) is 91.5 Å². The first-order valence-electron chi connectivity index (χ1n) is 9.35. The highest BCUT2D eigenvalue weighted by Gasteiger charge is 2.07. The molecule has 0 saturated heterocycles. The molecule has 0 aliphatic carbocycles. The SMILES string of the molecule is O=C(NCc1cccnc1)c1cnc(Nc2ccc(Oc3ccccc3)cc2)nc1. The van der Waals surface area contributed by atoms with Crippen molar-refractivity contribution < 1.29 is 9.53 Å². The maximum Gasteiger partial charge on any atom is 0.254 e. The van der Waals surface area contributed by atoms with E-state index >= 15 is 0 Å². The Morgan fingerprint density at radius 1 is 0.833 bits per heavy atom. The van der Waals surface area contributed by atoms with Crippen LogP contribution in [0.3, 0.4) is 0 Å². The number of pyridine rings is 1. The molecule has 0 saturated carbocycles. The highest BCUT2D eigenvalue weighted by atomic mass is 16.5. The van der Waals surface area contributed by atoms with Crippen molar-refractivity contribution in [2.45, 2.75) is 6.54 Å². The van der Waals surface area contributed by atoms with Crippen molar-refractivity contribution in [3.63, 3.8) is 0 Å². The second kappa shape index (κ2) is 9.29. The minimum absolute atomic E-state index is 0.243. The van der Waals surface area contributed by atoms with Gasteiger partial charge in [-0.25, -0.2) is 9.97 Å². The standard InChI is InChI=1S/C23H19N5O2/c29-22(25-14-17-5-4-12-24-13-17)18-15-26-23(27-16-18)28-19-8-10-21(11-9-19)30-20-6-2-1-3-7-20/h1-13,15-16H,14H2,(H,25,29)(H,26,27,28). The van der Waals surface area contributed by atoms with Gasteiger partial charge >= 0.3 is 0 Å². The second-order valence-corrected chi connectivity index (χ2v) is 6.40. The summed E-state index contributed by atoms with van der Waals surface area (Å²) in [5.41, 5.74) is 2.12. The molecule has 2 heterocycles. The lowest BCUT2D eigenvalue weighted by molar-refractivity contribution is 0.0950. The number of nitrogens with zero attached hydrogens (tertiary/aromatic N) is 3. The smallest absolute Gasteiger partial charge is 0.254 e. The first-order valence-corrected chi connectivity index (χ1v) is 9.35. The van der Waals surface area contributed by atoms with E-state index in [0.717, 1.165) is 22.7 Å². The second-order valence-electron chi connectivity index (χ2n) is 6.40. The minimum atomic E-state index is -0.243. The quantitative estimate of drug-likeness (QED) is 0.482. The molecular formula is C23H19N5O2. The van der Waals surface area contributed by atoms with E-state index < -0.39 is 0 Å². The number of hydrogen-bond acceptors (Lipinski definition) is 6. The molecule has 7 nitrogen and oxygen atoms in total. The maximum atomic E-state index is 12.2. The van der Waals surface area contributed by atoms with Crippen LogP contribution in [0.2, 0.25) is 0 Å². The predicted octanol–water partition coefficient (Wildman–Crippen LogP) is 4.34. The zero-order chi connectivity index (χ0) is 20.6. The summed E-state index contributed by atoms with van der Waals surface area (Å²) < 4.78 is 5.77. The highest BCUT2D eigenvalue weighted by molar-refractivity contribution is 5.93. The number of aromatic nitrogens is 3. The minimum Gasteiger partial charge on any atom is -0.457 e. The summed E-state index contributed by atoms with van der Waals surface area (Å²) >= 11 is 0. The Morgan fingerprint density at radius 2 is 1.57 bits per heavy atom. The van der Waals surface area contributed by atoms with Crippen LogP contribution in [0.25, 0.3) is 0 Å². The predicted molar refractivity (Wildman–Crippen MR) is 114 cm³/mol. The van der Waals surface area contributed by atoms with E-state index in [1.165, 1.54) is 12.4 Å². The number of carbonyl (C=O) groups is 1. The first kappa shape index (κ1) is 19.1. The largest absolute Gasteiger partial charge is 0.457 e. The average molecular weight is 397 g/mol. The number of amides is 1. The monoisotopic (exact) mass is 397 g/mol. The van der Waals surface area contributed by atoms with Crippen molar-refractivity contribution in [2.24, 2.45) is 0 Å². The van der Waals surface area contributed by atoms with Crippen LogP contribution in [-0.4, -0.2) is 20.9 Å². The van der Waals surface area contributed by atoms with E-state index in [0.29, 0.717) is 18.1 Å². The maximum absolute atomic E-state index is 12.2. The summed E-state index contributed by atoms with van der Waals surface area (Å²) in [6, 6.07) is 20.8. The van der Waals surface area contributed by atoms with Crippen LogP contribution in [0.5, 0.6) is 11.5 Å². The van der Waals surface area contributed by atoms with Crippen molar-refractivity contribution in [2.75, 3.05) is 5.32 Å². The van der Waals surface area contributed by atoms with Gasteiger partial charge < -0.3 is 15.4 Å². The van der Waals surface area contributed by atoms with Crippen molar-refractivity contribution in [3.8, 4) is 11.5 Å². The van der Waals surface area contributed by atoms with Gasteiger partial charge in [0.1, 0.15) is 11.5 Å². The van der Waals surface area contributed by atoms with Crippen LogP contribution in [0.1, 0.15) is 15.9 Å². The average Bonchev–Trinajstić information content (AvgIpc) is 2.81. The molecule has 4 aromatic rings. The Balaban J connectivity index is 1.32. The van der Waals surface area contributed by atoms with Gasteiger partial charge in [0, 0.05) is 37.0 Å². The van der Waals surface area contributed by atoms with Gasteiger partial charge in [-0.15, -0.1) is 0 Å². The molecule has 0 bridgehead atoms. The number of benzene rings is 2. The Kier molecular flexibility index (Phi) is 5.91. The first-order chi connectivity index (χ1) is 14.8. The van der Waals surface area contributed by atoms with Crippen LogP contribution in [0.4, 0.5) is 11.6 Å². The fourth-order valence-electron chi connectivity index (χ4n) is 2.66. The molecule has 0 aliphatic rings. The van der Waals surface area contributed by atoms with Gasteiger partial charge in [0.25, 0.3) is 5.91 Å². The van der Waals surface area contributed by atoms with E-state index in [-0.39, 0.29) is 5.91 Å². The van der Waals surface area contributed by atoms with Crippen molar-refractivity contribution in [1.82, 2.24) is 20.3 Å². The summed E-state index contributed by atoms with van der Waals surface area (Å²) in [7, 11) is 0. The lowest BCUT2D eigenvalue weighted by Gasteiger charge is -2.08. The number of nitrogens with one attached hydrogen (secondary N) is 2. The fraction of sp³-hybridized carbons (Fsp3) is 0.0435. The summed E-state index contributed by atoms with van der Waals surface area (Å²) in [5, 5.41) is 5.92. The molecule has 2 aromatic carbocycles. The van der Waals surface area contributed by atoms with Gasteiger partial charge in [-0.05, 0) is 48.0 Å². The topological polar surface area (TPSA) is 89.0 Å². The summed E-state index contributed by atoms with van der Waals surface area (Å²) in [6.45, 7) is 0.393. The molecular weight excluding hydrogens is 378 g/mol. The van der Waals surface area contributed by atoms with E-state index in [1.54, 1.807) is 12.4 Å². The molecule has 4 rings (SSSR count). The van der Waals surface area contributed by atoms with Crippen molar-refractivity contribution >= 4 is 17.5 Å². The van der Waals surface area contributed by atoms with Crippen LogP contribution >= 0.6 is 0 Å². The Hall–Kier alpha value is -4.26. The van der Waals surface area contributed by atoms with E-state index in [4.69, 9.17) is 4.74 Å². The summed E-state index contributed by atoms with van der Waals surface area (Å²) in [6.07, 6.45) is 6.37. The molecule has 0 spiro atoms. The van der Waals surface area contributed by atoms with Crippen LogP contribution < -0.4 is 15.4 Å². The molecule has 2 aromatic heterocycles. The van der Waals surface area contributed by atoms with Gasteiger partial charge in [0.15, 0.2) is 0 Å². The number of carbonyl (C=O) groups excluding carboxylic acids is 1. The van der Waals surface area contributed by atoms with Crippen molar-refractivity contribution in [3.05, 3.63) is 103 Å². The zero-order valence-corrected chi connectivity index (χ0v) is 16.0. The molecule has 2 N–H and O–H groups in total. The molecule has 0 unspecified atom stereocenters. The van der Waals surface area contributed by atoms with E-state index in [9.17, 15) is 4.79 Å². The molecule has 0 aliphatic heterocycles. The lowest BCUT2D eigenvalue weighted by atomic mass is 10.2. The van der Waals surface area contributed by atoms with Gasteiger partial charge in [0.2, 0.25) is 5.95 Å². The number of hydrogen-bond donors (Lipinski definition) is 2. The van der Waals surface area contributed by atoms with E-state index in [2.05, 4.69) is 25.6 Å². The summed E-state index contributed by atoms with van der Waals surface area (Å²) in [4.78, 5) is 24.7. The molecule has 30 heavy (non-hydrogen) atoms. The Morgan fingerprint density at radius 3 is 2.27 bits per heavy atom. The molecule has 0 atom stereocenters. The number of ether oxygens (including phenoxy) is 1. The van der Waals surface area contributed by atoms with Gasteiger partial charge in [-0.2, -0.15) is 0 Å². The highest BCUT2D eigenvalue weighted by Crippen LogP contribution is 2.23. The van der Waals surface area contributed by atoms with Crippen molar-refractivity contribution in [1.29, 1.82) is 0 Å². The Bertz CT molecular complexity index is 1090.